The average Bonchev–Trinajstić information content (AvgIpc) is 3.35. The molecule has 5 atom stereocenters. The number of rotatable bonds is 15. The summed E-state index contributed by atoms with van der Waals surface area (Å²) in [6.07, 6.45) is 9.41. The minimum absolute atomic E-state index is 0.00479. The van der Waals surface area contributed by atoms with E-state index in [1.807, 2.05) is 26.0 Å². The number of unbranched alkanes of at least 4 members (excludes halogenated alkanes) is 2. The van der Waals surface area contributed by atoms with Crippen LogP contribution in [-0.4, -0.2) is 58.4 Å². The number of carbonyl (C=O) groups excluding carboxylic acids is 2. The number of aromatic hydroxyl groups is 1. The van der Waals surface area contributed by atoms with Crippen LogP contribution < -0.4 is 4.74 Å². The highest BCUT2D eigenvalue weighted by atomic mass is 32.2. The second-order valence-corrected chi connectivity index (χ2v) is 23.2. The van der Waals surface area contributed by atoms with Crippen molar-refractivity contribution in [2.45, 2.75) is 123 Å². The highest BCUT2D eigenvalue weighted by Crippen LogP contribution is 2.53. The summed E-state index contributed by atoms with van der Waals surface area (Å²) in [4.78, 5) is 29.3. The molecule has 2 heterocycles. The molecule has 280 valence electrons. The number of allylic oxidation sites excluding steroid dienone is 3. The molecule has 3 aliphatic rings. The molecular formula is C40H57NO6S3Si. The van der Waals surface area contributed by atoms with Gasteiger partial charge in [-0.2, -0.15) is 0 Å². The van der Waals surface area contributed by atoms with E-state index in [0.717, 1.165) is 55.2 Å². The Bertz CT molecular complexity index is 1590. The molecule has 1 unspecified atom stereocenters. The number of thiocarbonyl (C=S) groups is 1. The van der Waals surface area contributed by atoms with Crippen molar-refractivity contribution in [3.63, 3.8) is 0 Å². The molecule has 4 rings (SSSR count). The number of amides is 1. The number of hydrogen-bond donors (Lipinski definition) is 1. The number of β-lactam (4-membered cyclic amide) rings is 1. The predicted molar refractivity (Wildman–Crippen MR) is 219 cm³/mol. The highest BCUT2D eigenvalue weighted by Gasteiger charge is 2.59. The molecule has 0 aromatic heterocycles. The molecule has 0 saturated carbocycles. The summed E-state index contributed by atoms with van der Waals surface area (Å²) < 4.78 is 18.8. The van der Waals surface area contributed by atoms with Gasteiger partial charge < -0.3 is 19.0 Å². The van der Waals surface area contributed by atoms with Gasteiger partial charge in [-0.1, -0.05) is 88.8 Å². The summed E-state index contributed by atoms with van der Waals surface area (Å²) in [5.41, 5.74) is 4.32. The van der Waals surface area contributed by atoms with Gasteiger partial charge in [0.05, 0.1) is 12.0 Å². The second kappa shape index (κ2) is 17.2. The Kier molecular flexibility index (Phi) is 14.0. The van der Waals surface area contributed by atoms with Gasteiger partial charge in [-0.05, 0) is 100 Å². The molecule has 1 fully saturated rings. The number of thioether (sulfide) groups is 2. The normalized spacial score (nSPS) is 22.6. The molecule has 0 radical (unpaired) electrons. The molecule has 0 bridgehead atoms. The number of nitrogens with zero attached hydrogens (tertiary/aromatic N) is 1. The number of benzene rings is 1. The van der Waals surface area contributed by atoms with Crippen molar-refractivity contribution in [2.75, 3.05) is 12.4 Å². The SMILES string of the molecule is C=CCOC(=O)C1=C(CSC(=S)Oc2cc(CCCCC)cc(O)c2[C@@H]2C=C(C)CC[C@H]2C(=C)C)SC2[C@@H]([C@@H](C)O[Si](C)(C)C(C)(C)C)C(=O)N12. The lowest BCUT2D eigenvalue weighted by Gasteiger charge is -2.48. The van der Waals surface area contributed by atoms with E-state index in [-0.39, 0.29) is 62.6 Å². The van der Waals surface area contributed by atoms with Gasteiger partial charge in [0.15, 0.2) is 8.32 Å². The van der Waals surface area contributed by atoms with Gasteiger partial charge in [0.1, 0.15) is 29.2 Å². The molecule has 1 aromatic rings. The minimum atomic E-state index is -2.14. The Hall–Kier alpha value is -2.31. The second-order valence-electron chi connectivity index (χ2n) is 15.6. The first-order chi connectivity index (χ1) is 23.9. The monoisotopic (exact) mass is 771 g/mol. The molecule has 0 spiro atoms. The lowest BCUT2D eigenvalue weighted by Crippen LogP contribution is -2.62. The number of carbonyl (C=O) groups is 2. The van der Waals surface area contributed by atoms with Gasteiger partial charge in [-0.25, -0.2) is 4.79 Å². The van der Waals surface area contributed by atoms with Crippen molar-refractivity contribution in [2.24, 2.45) is 11.8 Å². The molecule has 1 aromatic carbocycles. The first-order valence-corrected chi connectivity index (χ1v) is 23.3. The van der Waals surface area contributed by atoms with Gasteiger partial charge in [-0.3, -0.25) is 9.69 Å². The van der Waals surface area contributed by atoms with Crippen molar-refractivity contribution >= 4 is 60.3 Å². The van der Waals surface area contributed by atoms with Crippen LogP contribution in [0.5, 0.6) is 11.5 Å². The average molecular weight is 772 g/mol. The van der Waals surface area contributed by atoms with E-state index < -0.39 is 14.3 Å². The lowest BCUT2D eigenvalue weighted by atomic mass is 9.73. The number of esters is 1. The van der Waals surface area contributed by atoms with Crippen LogP contribution in [0.15, 0.2) is 59.2 Å². The fraction of sp³-hybridized carbons (Fsp3) is 0.575. The molecule has 11 heteroatoms. The van der Waals surface area contributed by atoms with Gasteiger partial charge in [0.25, 0.3) is 0 Å². The molecule has 2 aliphatic heterocycles. The molecule has 51 heavy (non-hydrogen) atoms. The predicted octanol–water partition coefficient (Wildman–Crippen LogP) is 10.4. The summed E-state index contributed by atoms with van der Waals surface area (Å²) in [6.45, 7) is 27.2. The minimum Gasteiger partial charge on any atom is -0.507 e. The maximum atomic E-state index is 13.7. The molecule has 7 nitrogen and oxygen atoms in total. The van der Waals surface area contributed by atoms with Crippen molar-refractivity contribution in [3.8, 4) is 11.5 Å². The standard InChI is InChI=1S/C40H57NO6S3Si/c1-12-14-15-16-27-21-30(42)34(29-20-25(5)17-18-28(29)24(3)4)31(22-27)46-39(48)49-23-32-35(38(44)45-19-13-2)41-36(43)33(37(41)50-32)26(6)47-51(10,11)40(7,8)9/h13,20-22,26,28-29,33,37,42H,2-3,12,14-19,23H2,1,4-11H3/t26-,28+,29-,33+,37?/m1/s1. The number of hydrogen-bond acceptors (Lipinski definition) is 9. The third kappa shape index (κ3) is 9.44. The summed E-state index contributed by atoms with van der Waals surface area (Å²) in [5, 5.41) is 11.2. The van der Waals surface area contributed by atoms with Crippen LogP contribution >= 0.6 is 35.7 Å². The first kappa shape index (κ1) is 41.4. The molecule has 1 saturated heterocycles. The topological polar surface area (TPSA) is 85.3 Å². The number of phenolic OH excluding ortho intramolecular Hbond substituents is 1. The zero-order chi connectivity index (χ0) is 37.8. The summed E-state index contributed by atoms with van der Waals surface area (Å²) in [6, 6.07) is 3.89. The van der Waals surface area contributed by atoms with Gasteiger partial charge in [0, 0.05) is 22.1 Å². The Morgan fingerprint density at radius 3 is 2.61 bits per heavy atom. The zero-order valence-corrected chi connectivity index (χ0v) is 35.4. The van der Waals surface area contributed by atoms with E-state index in [9.17, 15) is 14.7 Å². The summed E-state index contributed by atoms with van der Waals surface area (Å²) in [5.74, 6) is 0.0719. The maximum Gasteiger partial charge on any atom is 0.356 e. The molecular weight excluding hydrogens is 715 g/mol. The number of fused-ring (bicyclic) bond motifs is 1. The Morgan fingerprint density at radius 1 is 1.27 bits per heavy atom. The van der Waals surface area contributed by atoms with E-state index in [1.54, 1.807) is 4.90 Å². The number of phenols is 1. The van der Waals surface area contributed by atoms with Crippen molar-refractivity contribution in [1.29, 1.82) is 0 Å². The molecule has 1 aliphatic carbocycles. The van der Waals surface area contributed by atoms with Crippen molar-refractivity contribution in [1.82, 2.24) is 4.90 Å². The molecule has 1 N–H and O–H groups in total. The Balaban J connectivity index is 1.59. The first-order valence-electron chi connectivity index (χ1n) is 18.1. The summed E-state index contributed by atoms with van der Waals surface area (Å²) in [7, 11) is -2.14. The van der Waals surface area contributed by atoms with Crippen LogP contribution in [0.25, 0.3) is 0 Å². The van der Waals surface area contributed by atoms with Crippen LogP contribution in [0.4, 0.5) is 0 Å². The highest BCUT2D eigenvalue weighted by molar-refractivity contribution is 8.23. The number of ether oxygens (including phenoxy) is 2. The van der Waals surface area contributed by atoms with Crippen molar-refractivity contribution < 1.29 is 28.6 Å². The Morgan fingerprint density at radius 2 is 1.98 bits per heavy atom. The van der Waals surface area contributed by atoms with Crippen molar-refractivity contribution in [3.05, 3.63) is 70.3 Å². The van der Waals surface area contributed by atoms with Crippen LogP contribution in [0, 0.1) is 11.8 Å². The van der Waals surface area contributed by atoms with Gasteiger partial charge in [-0.15, -0.1) is 11.8 Å². The largest absolute Gasteiger partial charge is 0.507 e. The smallest absolute Gasteiger partial charge is 0.356 e. The Labute approximate surface area is 320 Å². The number of aryl methyl sites for hydroxylation is 1. The van der Waals surface area contributed by atoms with E-state index in [0.29, 0.717) is 16.4 Å². The third-order valence-corrected chi connectivity index (χ3v) is 18.0. The zero-order valence-electron chi connectivity index (χ0n) is 31.9. The van der Waals surface area contributed by atoms with E-state index in [1.165, 1.54) is 35.2 Å². The third-order valence-electron chi connectivity index (χ3n) is 10.6. The fourth-order valence-electron chi connectivity index (χ4n) is 6.81. The quantitative estimate of drug-likeness (QED) is 0.0468. The van der Waals surface area contributed by atoms with Crippen LogP contribution in [-0.2, 0) is 25.2 Å². The van der Waals surface area contributed by atoms with E-state index in [2.05, 4.69) is 66.9 Å². The lowest BCUT2D eigenvalue weighted by molar-refractivity contribution is -0.157. The van der Waals surface area contributed by atoms with Crippen LogP contribution in [0.3, 0.4) is 0 Å². The summed E-state index contributed by atoms with van der Waals surface area (Å²) >= 11 is 8.62. The van der Waals surface area contributed by atoms with Crippen LogP contribution in [0.1, 0.15) is 97.6 Å². The van der Waals surface area contributed by atoms with Gasteiger partial charge in [0.2, 0.25) is 10.3 Å². The van der Waals surface area contributed by atoms with E-state index >= 15 is 0 Å². The van der Waals surface area contributed by atoms with Crippen LogP contribution in [0.2, 0.25) is 18.1 Å². The maximum absolute atomic E-state index is 13.7. The van der Waals surface area contributed by atoms with E-state index in [4.69, 9.17) is 26.1 Å². The molecule has 1 amide bonds. The van der Waals surface area contributed by atoms with Gasteiger partial charge >= 0.3 is 5.97 Å². The fourth-order valence-corrected chi connectivity index (χ4v) is 10.9.